The highest BCUT2D eigenvalue weighted by Crippen LogP contribution is 2.20. The van der Waals surface area contributed by atoms with Crippen LogP contribution in [0.5, 0.6) is 0 Å². The third-order valence-corrected chi connectivity index (χ3v) is 2.80. The molecule has 0 aliphatic rings. The van der Waals surface area contributed by atoms with Crippen molar-refractivity contribution in [1.29, 1.82) is 0 Å². The Balaban J connectivity index is 2.33. The smallest absolute Gasteiger partial charge is 0.149 e. The lowest BCUT2D eigenvalue weighted by Crippen LogP contribution is -2.20. The normalized spacial score (nSPS) is 12.4. The van der Waals surface area contributed by atoms with E-state index in [1.54, 1.807) is 0 Å². The van der Waals surface area contributed by atoms with E-state index < -0.39 is 0 Å². The summed E-state index contributed by atoms with van der Waals surface area (Å²) in [6.45, 7) is 1.97. The van der Waals surface area contributed by atoms with Crippen molar-refractivity contribution < 1.29 is 0 Å². The molecular formula is C13H14ClN3. The van der Waals surface area contributed by atoms with Crippen molar-refractivity contribution in [3.63, 3.8) is 0 Å². The van der Waals surface area contributed by atoms with Crippen molar-refractivity contribution in [2.45, 2.75) is 13.0 Å². The SMILES string of the molecule is CNC(c1ccc(Cl)cc1)c1ncc(C)cn1. The van der Waals surface area contributed by atoms with E-state index in [0.29, 0.717) is 0 Å². The largest absolute Gasteiger partial charge is 0.307 e. The van der Waals surface area contributed by atoms with E-state index in [1.165, 1.54) is 0 Å². The molecule has 0 spiro atoms. The molecule has 1 aromatic carbocycles. The van der Waals surface area contributed by atoms with E-state index in [1.807, 2.05) is 50.6 Å². The van der Waals surface area contributed by atoms with Gasteiger partial charge in [0, 0.05) is 17.4 Å². The van der Waals surface area contributed by atoms with Crippen LogP contribution in [0, 0.1) is 6.92 Å². The van der Waals surface area contributed by atoms with Crippen LogP contribution >= 0.6 is 11.6 Å². The minimum atomic E-state index is -0.00660. The van der Waals surface area contributed by atoms with Gasteiger partial charge in [0.15, 0.2) is 0 Å². The van der Waals surface area contributed by atoms with Crippen LogP contribution in [0.1, 0.15) is 23.0 Å². The third-order valence-electron chi connectivity index (χ3n) is 2.55. The van der Waals surface area contributed by atoms with Crippen molar-refractivity contribution in [2.75, 3.05) is 7.05 Å². The van der Waals surface area contributed by atoms with Crippen LogP contribution in [-0.4, -0.2) is 17.0 Å². The Labute approximate surface area is 106 Å². The molecule has 1 N–H and O–H groups in total. The summed E-state index contributed by atoms with van der Waals surface area (Å²) in [6, 6.07) is 7.69. The van der Waals surface area contributed by atoms with Crippen molar-refractivity contribution in [3.05, 3.63) is 58.6 Å². The number of hydrogen-bond acceptors (Lipinski definition) is 3. The molecule has 3 nitrogen and oxygen atoms in total. The average Bonchev–Trinajstić information content (AvgIpc) is 2.35. The molecule has 0 aliphatic carbocycles. The summed E-state index contributed by atoms with van der Waals surface area (Å²) in [4.78, 5) is 8.68. The first-order chi connectivity index (χ1) is 8.20. The second-order valence-corrected chi connectivity index (χ2v) is 4.33. The molecule has 1 atom stereocenters. The fourth-order valence-electron chi connectivity index (χ4n) is 1.65. The first-order valence-electron chi connectivity index (χ1n) is 5.42. The Kier molecular flexibility index (Phi) is 3.71. The number of rotatable bonds is 3. The van der Waals surface area contributed by atoms with Gasteiger partial charge in [-0.3, -0.25) is 0 Å². The maximum absolute atomic E-state index is 5.87. The van der Waals surface area contributed by atoms with Crippen LogP contribution in [0.3, 0.4) is 0 Å². The summed E-state index contributed by atoms with van der Waals surface area (Å²) >= 11 is 5.87. The van der Waals surface area contributed by atoms with Gasteiger partial charge in [0.2, 0.25) is 0 Å². The number of benzene rings is 1. The van der Waals surface area contributed by atoms with Gasteiger partial charge in [0.1, 0.15) is 5.82 Å². The van der Waals surface area contributed by atoms with Crippen LogP contribution in [0.25, 0.3) is 0 Å². The van der Waals surface area contributed by atoms with E-state index in [9.17, 15) is 0 Å². The molecular weight excluding hydrogens is 234 g/mol. The fraction of sp³-hybridized carbons (Fsp3) is 0.231. The van der Waals surface area contributed by atoms with Gasteiger partial charge in [-0.25, -0.2) is 9.97 Å². The first-order valence-corrected chi connectivity index (χ1v) is 5.80. The van der Waals surface area contributed by atoms with Crippen LogP contribution in [0.4, 0.5) is 0 Å². The molecule has 88 valence electrons. The van der Waals surface area contributed by atoms with Crippen molar-refractivity contribution in [1.82, 2.24) is 15.3 Å². The maximum atomic E-state index is 5.87. The molecule has 1 heterocycles. The van der Waals surface area contributed by atoms with Gasteiger partial charge in [-0.15, -0.1) is 0 Å². The molecule has 0 aliphatic heterocycles. The van der Waals surface area contributed by atoms with Gasteiger partial charge in [-0.2, -0.15) is 0 Å². The average molecular weight is 248 g/mol. The minimum Gasteiger partial charge on any atom is -0.307 e. The molecule has 1 aromatic heterocycles. The lowest BCUT2D eigenvalue weighted by molar-refractivity contribution is 0.645. The predicted octanol–water partition coefficient (Wildman–Crippen LogP) is 2.75. The minimum absolute atomic E-state index is 0.00660. The van der Waals surface area contributed by atoms with Crippen LogP contribution in [0.2, 0.25) is 5.02 Å². The van der Waals surface area contributed by atoms with E-state index >= 15 is 0 Å². The number of nitrogens with zero attached hydrogens (tertiary/aromatic N) is 2. The number of aryl methyl sites for hydroxylation is 1. The highest BCUT2D eigenvalue weighted by atomic mass is 35.5. The highest BCUT2D eigenvalue weighted by Gasteiger charge is 2.14. The second-order valence-electron chi connectivity index (χ2n) is 3.89. The highest BCUT2D eigenvalue weighted by molar-refractivity contribution is 6.30. The Morgan fingerprint density at radius 1 is 1.12 bits per heavy atom. The van der Waals surface area contributed by atoms with Crippen LogP contribution < -0.4 is 5.32 Å². The van der Waals surface area contributed by atoms with Gasteiger partial charge >= 0.3 is 0 Å². The van der Waals surface area contributed by atoms with Crippen LogP contribution in [-0.2, 0) is 0 Å². The summed E-state index contributed by atoms with van der Waals surface area (Å²) in [5.74, 6) is 0.764. The van der Waals surface area contributed by atoms with Crippen molar-refractivity contribution >= 4 is 11.6 Å². The van der Waals surface area contributed by atoms with E-state index in [2.05, 4.69) is 15.3 Å². The number of halogens is 1. The zero-order valence-corrected chi connectivity index (χ0v) is 10.6. The summed E-state index contributed by atoms with van der Waals surface area (Å²) < 4.78 is 0. The maximum Gasteiger partial charge on any atom is 0.149 e. The van der Waals surface area contributed by atoms with Gasteiger partial charge in [0.05, 0.1) is 6.04 Å². The molecule has 4 heteroatoms. The standard InChI is InChI=1S/C13H14ClN3/c1-9-7-16-13(17-8-9)12(15-2)10-3-5-11(14)6-4-10/h3-8,12,15H,1-2H3. The van der Waals surface area contributed by atoms with E-state index in [4.69, 9.17) is 11.6 Å². The number of hydrogen-bond donors (Lipinski definition) is 1. The molecule has 2 aromatic rings. The summed E-state index contributed by atoms with van der Waals surface area (Å²) in [5.41, 5.74) is 2.15. The van der Waals surface area contributed by atoms with Crippen molar-refractivity contribution in [3.8, 4) is 0 Å². The number of aromatic nitrogens is 2. The lowest BCUT2D eigenvalue weighted by Gasteiger charge is -2.15. The van der Waals surface area contributed by atoms with Gasteiger partial charge in [0.25, 0.3) is 0 Å². The summed E-state index contributed by atoms with van der Waals surface area (Å²) in [6.07, 6.45) is 3.64. The Morgan fingerprint density at radius 3 is 2.24 bits per heavy atom. The molecule has 0 fully saturated rings. The number of nitrogens with one attached hydrogen (secondary N) is 1. The van der Waals surface area contributed by atoms with Gasteiger partial charge in [-0.05, 0) is 37.2 Å². The quantitative estimate of drug-likeness (QED) is 0.906. The second kappa shape index (κ2) is 5.25. The Hall–Kier alpha value is -1.45. The molecule has 0 radical (unpaired) electrons. The summed E-state index contributed by atoms with van der Waals surface area (Å²) in [7, 11) is 1.89. The topological polar surface area (TPSA) is 37.8 Å². The fourth-order valence-corrected chi connectivity index (χ4v) is 1.78. The molecule has 2 rings (SSSR count). The first kappa shape index (κ1) is 12.0. The Morgan fingerprint density at radius 2 is 1.71 bits per heavy atom. The molecule has 0 saturated carbocycles. The van der Waals surface area contributed by atoms with Crippen molar-refractivity contribution in [2.24, 2.45) is 0 Å². The summed E-state index contributed by atoms with van der Waals surface area (Å²) in [5, 5.41) is 3.94. The predicted molar refractivity (Wildman–Crippen MR) is 69.1 cm³/mol. The zero-order valence-electron chi connectivity index (χ0n) is 9.81. The zero-order chi connectivity index (χ0) is 12.3. The van der Waals surface area contributed by atoms with E-state index in [-0.39, 0.29) is 6.04 Å². The molecule has 17 heavy (non-hydrogen) atoms. The third kappa shape index (κ3) is 2.81. The molecule has 1 unspecified atom stereocenters. The van der Waals surface area contributed by atoms with Crippen LogP contribution in [0.15, 0.2) is 36.7 Å². The lowest BCUT2D eigenvalue weighted by atomic mass is 10.1. The molecule has 0 amide bonds. The molecule has 0 saturated heterocycles. The van der Waals surface area contributed by atoms with E-state index in [0.717, 1.165) is 22.0 Å². The van der Waals surface area contributed by atoms with Gasteiger partial charge in [-0.1, -0.05) is 23.7 Å². The molecule has 0 bridgehead atoms. The Bertz CT molecular complexity index is 434. The monoisotopic (exact) mass is 247 g/mol. The van der Waals surface area contributed by atoms with Gasteiger partial charge < -0.3 is 5.32 Å².